The predicted molar refractivity (Wildman–Crippen MR) is 84.9 cm³/mol. The molecule has 0 aliphatic rings. The van der Waals surface area contributed by atoms with Crippen molar-refractivity contribution in [1.82, 2.24) is 15.3 Å². The molecule has 3 aromatic rings. The highest BCUT2D eigenvalue weighted by molar-refractivity contribution is 9.11. The Morgan fingerprint density at radius 1 is 1.20 bits per heavy atom. The molecular weight excluding hydrogens is 338 g/mol. The number of hydrogen-bond donors (Lipinski definition) is 2. The van der Waals surface area contributed by atoms with E-state index in [0.717, 1.165) is 15.8 Å². The minimum atomic E-state index is -0.0914. The van der Waals surface area contributed by atoms with Crippen LogP contribution in [0.5, 0.6) is 0 Å². The first-order chi connectivity index (χ1) is 9.72. The van der Waals surface area contributed by atoms with E-state index in [1.165, 1.54) is 4.88 Å². The molecular formula is C14H12BrN3OS. The fourth-order valence-corrected chi connectivity index (χ4v) is 3.42. The normalized spacial score (nSPS) is 11.1. The van der Waals surface area contributed by atoms with E-state index in [2.05, 4.69) is 37.3 Å². The number of hydrogen-bond acceptors (Lipinski definition) is 4. The molecule has 2 heterocycles. The first-order valence-corrected chi connectivity index (χ1v) is 7.76. The summed E-state index contributed by atoms with van der Waals surface area (Å²) in [6.07, 6.45) is 0. The van der Waals surface area contributed by atoms with E-state index in [9.17, 15) is 4.79 Å². The number of thiophene rings is 1. The molecule has 0 bridgehead atoms. The van der Waals surface area contributed by atoms with Gasteiger partial charge in [-0.25, -0.2) is 4.98 Å². The van der Waals surface area contributed by atoms with Crippen LogP contribution in [0.1, 0.15) is 10.7 Å². The van der Waals surface area contributed by atoms with Crippen molar-refractivity contribution in [3.05, 3.63) is 61.2 Å². The molecule has 0 unspecified atom stereocenters. The summed E-state index contributed by atoms with van der Waals surface area (Å²) in [4.78, 5) is 20.4. The molecule has 0 spiro atoms. The van der Waals surface area contributed by atoms with Crippen LogP contribution < -0.4 is 10.9 Å². The van der Waals surface area contributed by atoms with Crippen molar-refractivity contribution in [3.63, 3.8) is 0 Å². The lowest BCUT2D eigenvalue weighted by Gasteiger charge is -2.04. The number of H-pyrrole nitrogens is 1. The smallest absolute Gasteiger partial charge is 0.258 e. The molecule has 6 heteroatoms. The number of aromatic amines is 1. The maximum absolute atomic E-state index is 11.9. The largest absolute Gasteiger partial charge is 0.309 e. The average molecular weight is 350 g/mol. The molecule has 4 nitrogen and oxygen atoms in total. The fraction of sp³-hybridized carbons (Fsp3) is 0.143. The molecule has 102 valence electrons. The first-order valence-electron chi connectivity index (χ1n) is 6.15. The molecule has 0 atom stereocenters. The first kappa shape index (κ1) is 13.5. The fourth-order valence-electron chi connectivity index (χ4n) is 1.97. The second kappa shape index (κ2) is 5.87. The SMILES string of the molecule is O=c1[nH]c(CNCc2ccc(Br)s2)nc2ccccc12. The van der Waals surface area contributed by atoms with Crippen LogP contribution in [0.3, 0.4) is 0 Å². The quantitative estimate of drug-likeness (QED) is 0.761. The van der Waals surface area contributed by atoms with Crippen LogP contribution in [0.2, 0.25) is 0 Å². The van der Waals surface area contributed by atoms with Crippen molar-refractivity contribution in [2.24, 2.45) is 0 Å². The summed E-state index contributed by atoms with van der Waals surface area (Å²) in [5.74, 6) is 0.657. The highest BCUT2D eigenvalue weighted by Gasteiger charge is 2.03. The third kappa shape index (κ3) is 2.98. The highest BCUT2D eigenvalue weighted by Crippen LogP contribution is 2.21. The van der Waals surface area contributed by atoms with Gasteiger partial charge in [0.1, 0.15) is 5.82 Å². The van der Waals surface area contributed by atoms with Gasteiger partial charge in [-0.1, -0.05) is 12.1 Å². The zero-order valence-electron chi connectivity index (χ0n) is 10.5. The van der Waals surface area contributed by atoms with E-state index < -0.39 is 0 Å². The van der Waals surface area contributed by atoms with Crippen molar-refractivity contribution >= 4 is 38.2 Å². The summed E-state index contributed by atoms with van der Waals surface area (Å²) < 4.78 is 1.12. The predicted octanol–water partition coefficient (Wildman–Crippen LogP) is 3.04. The Kier molecular flexibility index (Phi) is 3.95. The molecule has 2 N–H and O–H groups in total. The molecule has 2 aromatic heterocycles. The number of para-hydroxylation sites is 1. The standard InChI is InChI=1S/C14H12BrN3OS/c15-12-6-5-9(20-12)7-16-8-13-17-11-4-2-1-3-10(11)14(19)18-13/h1-6,16H,7-8H2,(H,17,18,19). The lowest BCUT2D eigenvalue weighted by Crippen LogP contribution is -2.18. The second-order valence-electron chi connectivity index (χ2n) is 4.34. The summed E-state index contributed by atoms with van der Waals surface area (Å²) in [6.45, 7) is 1.29. The Morgan fingerprint density at radius 2 is 2.05 bits per heavy atom. The average Bonchev–Trinajstić information content (AvgIpc) is 2.85. The molecule has 0 saturated heterocycles. The molecule has 3 rings (SSSR count). The van der Waals surface area contributed by atoms with E-state index >= 15 is 0 Å². The van der Waals surface area contributed by atoms with Gasteiger partial charge in [0.05, 0.1) is 21.2 Å². The van der Waals surface area contributed by atoms with Gasteiger partial charge in [0.25, 0.3) is 5.56 Å². The van der Waals surface area contributed by atoms with Crippen LogP contribution in [-0.4, -0.2) is 9.97 Å². The molecule has 0 saturated carbocycles. The van der Waals surface area contributed by atoms with E-state index in [-0.39, 0.29) is 5.56 Å². The molecule has 0 amide bonds. The van der Waals surface area contributed by atoms with E-state index in [1.807, 2.05) is 24.3 Å². The third-order valence-electron chi connectivity index (χ3n) is 2.88. The third-order valence-corrected chi connectivity index (χ3v) is 4.51. The van der Waals surface area contributed by atoms with E-state index in [0.29, 0.717) is 17.8 Å². The van der Waals surface area contributed by atoms with Gasteiger partial charge >= 0.3 is 0 Å². The van der Waals surface area contributed by atoms with Crippen LogP contribution >= 0.6 is 27.3 Å². The number of nitrogens with zero attached hydrogens (tertiary/aromatic N) is 1. The summed E-state index contributed by atoms with van der Waals surface area (Å²) in [5, 5.41) is 3.90. The van der Waals surface area contributed by atoms with Crippen LogP contribution in [0.4, 0.5) is 0 Å². The molecule has 0 aliphatic heterocycles. The number of halogens is 1. The Labute approximate surface area is 128 Å². The lowest BCUT2D eigenvalue weighted by molar-refractivity contribution is 0.669. The van der Waals surface area contributed by atoms with Gasteiger partial charge in [-0.05, 0) is 40.2 Å². The Balaban J connectivity index is 1.73. The monoisotopic (exact) mass is 349 g/mol. The van der Waals surface area contributed by atoms with Gasteiger partial charge in [-0.2, -0.15) is 0 Å². The van der Waals surface area contributed by atoms with Gasteiger partial charge in [0.15, 0.2) is 0 Å². The zero-order valence-corrected chi connectivity index (χ0v) is 12.9. The van der Waals surface area contributed by atoms with Crippen molar-refractivity contribution in [2.45, 2.75) is 13.1 Å². The van der Waals surface area contributed by atoms with Crippen molar-refractivity contribution in [2.75, 3.05) is 0 Å². The van der Waals surface area contributed by atoms with Gasteiger partial charge < -0.3 is 10.3 Å². The maximum Gasteiger partial charge on any atom is 0.258 e. The minimum Gasteiger partial charge on any atom is -0.309 e. The Bertz CT molecular complexity index is 796. The summed E-state index contributed by atoms with van der Waals surface area (Å²) in [6, 6.07) is 11.4. The Morgan fingerprint density at radius 3 is 2.85 bits per heavy atom. The van der Waals surface area contributed by atoms with Crippen LogP contribution in [-0.2, 0) is 13.1 Å². The van der Waals surface area contributed by atoms with Crippen molar-refractivity contribution in [3.8, 4) is 0 Å². The van der Waals surface area contributed by atoms with Gasteiger partial charge in [0.2, 0.25) is 0 Å². The van der Waals surface area contributed by atoms with Gasteiger partial charge in [-0.15, -0.1) is 11.3 Å². The number of rotatable bonds is 4. The second-order valence-corrected chi connectivity index (χ2v) is 6.89. The summed E-state index contributed by atoms with van der Waals surface area (Å²) in [7, 11) is 0. The number of fused-ring (bicyclic) bond motifs is 1. The minimum absolute atomic E-state index is 0.0914. The van der Waals surface area contributed by atoms with E-state index in [1.54, 1.807) is 17.4 Å². The number of aromatic nitrogens is 2. The van der Waals surface area contributed by atoms with Gasteiger partial charge in [-0.3, -0.25) is 4.79 Å². The summed E-state index contributed by atoms with van der Waals surface area (Å²) in [5.41, 5.74) is 0.637. The van der Waals surface area contributed by atoms with Crippen LogP contribution in [0.15, 0.2) is 45.0 Å². The molecule has 1 aromatic carbocycles. The van der Waals surface area contributed by atoms with Crippen LogP contribution in [0.25, 0.3) is 10.9 Å². The van der Waals surface area contributed by atoms with Crippen LogP contribution in [0, 0.1) is 0 Å². The number of benzene rings is 1. The molecule has 20 heavy (non-hydrogen) atoms. The van der Waals surface area contributed by atoms with E-state index in [4.69, 9.17) is 0 Å². The molecule has 0 fully saturated rings. The number of nitrogens with one attached hydrogen (secondary N) is 2. The molecule has 0 aliphatic carbocycles. The molecule has 0 radical (unpaired) electrons. The van der Waals surface area contributed by atoms with Crippen molar-refractivity contribution in [1.29, 1.82) is 0 Å². The lowest BCUT2D eigenvalue weighted by atomic mass is 10.2. The van der Waals surface area contributed by atoms with Gasteiger partial charge in [0, 0.05) is 11.4 Å². The summed E-state index contributed by atoms with van der Waals surface area (Å²) >= 11 is 5.13. The Hall–Kier alpha value is -1.50. The topological polar surface area (TPSA) is 57.8 Å². The zero-order chi connectivity index (χ0) is 13.9. The maximum atomic E-state index is 11.9. The highest BCUT2D eigenvalue weighted by atomic mass is 79.9. The van der Waals surface area contributed by atoms with Crippen molar-refractivity contribution < 1.29 is 0 Å².